The third kappa shape index (κ3) is 2.52. The fraction of sp³-hybridized carbons (Fsp3) is 0.333. The predicted octanol–water partition coefficient (Wildman–Crippen LogP) is 2.71. The standard InChI is InChI=1S/C15H17N3O2/c1-2-20-13-7-10(5-6-12(13)19)15-17-11(9-3-4-9)8-14(16)18-15/h5-9,19H,2-4H2,1H3,(H2,16,17,18). The van der Waals surface area contributed by atoms with Crippen LogP contribution in [0, 0.1) is 0 Å². The Balaban J connectivity index is 2.01. The Morgan fingerprint density at radius 2 is 2.10 bits per heavy atom. The third-order valence-corrected chi connectivity index (χ3v) is 3.28. The SMILES string of the molecule is CCOc1cc(-c2nc(N)cc(C3CC3)n2)ccc1O. The number of hydrogen-bond donors (Lipinski definition) is 2. The summed E-state index contributed by atoms with van der Waals surface area (Å²) in [7, 11) is 0. The predicted molar refractivity (Wildman–Crippen MR) is 76.7 cm³/mol. The Hall–Kier alpha value is -2.30. The number of aromatic nitrogens is 2. The second kappa shape index (κ2) is 5.00. The van der Waals surface area contributed by atoms with Crippen molar-refractivity contribution in [3.05, 3.63) is 30.0 Å². The molecule has 1 aliphatic rings. The Labute approximate surface area is 117 Å². The van der Waals surface area contributed by atoms with E-state index in [9.17, 15) is 5.11 Å². The highest BCUT2D eigenvalue weighted by Crippen LogP contribution is 2.40. The van der Waals surface area contributed by atoms with Crippen molar-refractivity contribution < 1.29 is 9.84 Å². The highest BCUT2D eigenvalue weighted by atomic mass is 16.5. The van der Waals surface area contributed by atoms with Crippen LogP contribution in [0.1, 0.15) is 31.4 Å². The van der Waals surface area contributed by atoms with Crippen LogP contribution in [0.5, 0.6) is 11.5 Å². The molecule has 1 heterocycles. The molecule has 1 fully saturated rings. The molecule has 0 unspecified atom stereocenters. The zero-order valence-corrected chi connectivity index (χ0v) is 11.3. The van der Waals surface area contributed by atoms with Gasteiger partial charge < -0.3 is 15.6 Å². The van der Waals surface area contributed by atoms with Crippen LogP contribution in [0.25, 0.3) is 11.4 Å². The molecule has 1 saturated carbocycles. The summed E-state index contributed by atoms with van der Waals surface area (Å²) in [5.41, 5.74) is 7.65. The number of phenols is 1. The molecule has 20 heavy (non-hydrogen) atoms. The first-order valence-corrected chi connectivity index (χ1v) is 6.78. The number of nitrogen functional groups attached to an aromatic ring is 1. The van der Waals surface area contributed by atoms with Gasteiger partial charge in [0.1, 0.15) is 5.82 Å². The molecule has 0 radical (unpaired) electrons. The lowest BCUT2D eigenvalue weighted by Gasteiger charge is -2.09. The number of ether oxygens (including phenoxy) is 1. The molecule has 0 saturated heterocycles. The number of nitrogens with two attached hydrogens (primary N) is 1. The number of nitrogens with zero attached hydrogens (tertiary/aromatic N) is 2. The van der Waals surface area contributed by atoms with Crippen molar-refractivity contribution in [1.29, 1.82) is 0 Å². The lowest BCUT2D eigenvalue weighted by atomic mass is 10.1. The monoisotopic (exact) mass is 271 g/mol. The fourth-order valence-corrected chi connectivity index (χ4v) is 2.13. The van der Waals surface area contributed by atoms with Crippen LogP contribution in [0.15, 0.2) is 24.3 Å². The number of aromatic hydroxyl groups is 1. The van der Waals surface area contributed by atoms with E-state index in [4.69, 9.17) is 10.5 Å². The molecule has 0 aliphatic heterocycles. The first-order chi connectivity index (χ1) is 9.67. The highest BCUT2D eigenvalue weighted by Gasteiger charge is 2.26. The highest BCUT2D eigenvalue weighted by molar-refractivity contribution is 5.62. The number of benzene rings is 1. The summed E-state index contributed by atoms with van der Waals surface area (Å²) in [6.07, 6.45) is 2.32. The minimum atomic E-state index is 0.113. The molecular weight excluding hydrogens is 254 g/mol. The molecule has 1 aromatic heterocycles. The largest absolute Gasteiger partial charge is 0.504 e. The lowest BCUT2D eigenvalue weighted by molar-refractivity contribution is 0.318. The Bertz CT molecular complexity index is 639. The maximum atomic E-state index is 9.73. The van der Waals surface area contributed by atoms with Crippen LogP contribution < -0.4 is 10.5 Å². The van der Waals surface area contributed by atoms with E-state index in [-0.39, 0.29) is 5.75 Å². The van der Waals surface area contributed by atoms with E-state index in [2.05, 4.69) is 9.97 Å². The van der Waals surface area contributed by atoms with Crippen molar-refractivity contribution >= 4 is 5.82 Å². The number of hydrogen-bond acceptors (Lipinski definition) is 5. The van der Waals surface area contributed by atoms with Gasteiger partial charge in [-0.05, 0) is 38.0 Å². The summed E-state index contributed by atoms with van der Waals surface area (Å²) in [4.78, 5) is 8.84. The van der Waals surface area contributed by atoms with Crippen LogP contribution in [0.4, 0.5) is 5.82 Å². The smallest absolute Gasteiger partial charge is 0.161 e. The molecule has 1 aromatic carbocycles. The van der Waals surface area contributed by atoms with Gasteiger partial charge in [0.25, 0.3) is 0 Å². The van der Waals surface area contributed by atoms with Crippen LogP contribution in [-0.2, 0) is 0 Å². The summed E-state index contributed by atoms with van der Waals surface area (Å²) in [5, 5.41) is 9.73. The van der Waals surface area contributed by atoms with Gasteiger partial charge in [0.05, 0.1) is 6.61 Å². The van der Waals surface area contributed by atoms with Crippen molar-refractivity contribution in [3.63, 3.8) is 0 Å². The number of phenolic OH excluding ortho intramolecular Hbond substituents is 1. The Kier molecular flexibility index (Phi) is 3.18. The zero-order valence-electron chi connectivity index (χ0n) is 11.3. The number of rotatable bonds is 4. The molecule has 5 nitrogen and oxygen atoms in total. The van der Waals surface area contributed by atoms with E-state index in [1.807, 2.05) is 13.0 Å². The summed E-state index contributed by atoms with van der Waals surface area (Å²) in [5.74, 6) is 2.12. The molecule has 0 amide bonds. The molecule has 0 bridgehead atoms. The topological polar surface area (TPSA) is 81.3 Å². The summed E-state index contributed by atoms with van der Waals surface area (Å²) < 4.78 is 5.38. The van der Waals surface area contributed by atoms with E-state index >= 15 is 0 Å². The van der Waals surface area contributed by atoms with Gasteiger partial charge in [0.2, 0.25) is 0 Å². The molecule has 2 aromatic rings. The normalized spacial score (nSPS) is 14.2. The molecular formula is C15H17N3O2. The lowest BCUT2D eigenvalue weighted by Crippen LogP contribution is -2.00. The van der Waals surface area contributed by atoms with E-state index in [0.29, 0.717) is 29.9 Å². The zero-order chi connectivity index (χ0) is 14.1. The van der Waals surface area contributed by atoms with Crippen molar-refractivity contribution in [1.82, 2.24) is 9.97 Å². The van der Waals surface area contributed by atoms with Crippen LogP contribution in [0.3, 0.4) is 0 Å². The van der Waals surface area contributed by atoms with Gasteiger partial charge in [0.15, 0.2) is 17.3 Å². The van der Waals surface area contributed by atoms with E-state index in [0.717, 1.165) is 24.1 Å². The number of anilines is 1. The first kappa shape index (κ1) is 12.7. The van der Waals surface area contributed by atoms with Gasteiger partial charge in [-0.2, -0.15) is 0 Å². The first-order valence-electron chi connectivity index (χ1n) is 6.78. The van der Waals surface area contributed by atoms with Gasteiger partial charge in [-0.15, -0.1) is 0 Å². The van der Waals surface area contributed by atoms with Crippen LogP contribution >= 0.6 is 0 Å². The minimum absolute atomic E-state index is 0.113. The average molecular weight is 271 g/mol. The maximum Gasteiger partial charge on any atom is 0.161 e. The van der Waals surface area contributed by atoms with E-state index in [1.54, 1.807) is 18.2 Å². The van der Waals surface area contributed by atoms with Crippen LogP contribution in [-0.4, -0.2) is 21.7 Å². The van der Waals surface area contributed by atoms with Gasteiger partial charge in [-0.1, -0.05) is 0 Å². The molecule has 0 spiro atoms. The van der Waals surface area contributed by atoms with Crippen molar-refractivity contribution in [2.24, 2.45) is 0 Å². The molecule has 3 rings (SSSR count). The summed E-state index contributed by atoms with van der Waals surface area (Å²) >= 11 is 0. The molecule has 5 heteroatoms. The van der Waals surface area contributed by atoms with Gasteiger partial charge in [-0.3, -0.25) is 0 Å². The minimum Gasteiger partial charge on any atom is -0.504 e. The van der Waals surface area contributed by atoms with Crippen molar-refractivity contribution in [2.75, 3.05) is 12.3 Å². The molecule has 3 N–H and O–H groups in total. The molecule has 104 valence electrons. The van der Waals surface area contributed by atoms with Gasteiger partial charge in [-0.25, -0.2) is 9.97 Å². The van der Waals surface area contributed by atoms with E-state index < -0.39 is 0 Å². The third-order valence-electron chi connectivity index (χ3n) is 3.28. The van der Waals surface area contributed by atoms with Gasteiger partial charge in [0, 0.05) is 23.2 Å². The average Bonchev–Trinajstić information content (AvgIpc) is 3.25. The molecule has 1 aliphatic carbocycles. The second-order valence-electron chi connectivity index (χ2n) is 4.93. The van der Waals surface area contributed by atoms with E-state index in [1.165, 1.54) is 0 Å². The van der Waals surface area contributed by atoms with Crippen molar-refractivity contribution in [3.8, 4) is 22.9 Å². The summed E-state index contributed by atoms with van der Waals surface area (Å²) in [6.45, 7) is 2.36. The summed E-state index contributed by atoms with van der Waals surface area (Å²) in [6, 6.07) is 6.93. The molecule has 0 atom stereocenters. The Morgan fingerprint density at radius 1 is 1.30 bits per heavy atom. The maximum absolute atomic E-state index is 9.73. The Morgan fingerprint density at radius 3 is 2.80 bits per heavy atom. The fourth-order valence-electron chi connectivity index (χ4n) is 2.13. The second-order valence-corrected chi connectivity index (χ2v) is 4.93. The van der Waals surface area contributed by atoms with Crippen LogP contribution in [0.2, 0.25) is 0 Å². The van der Waals surface area contributed by atoms with Gasteiger partial charge >= 0.3 is 0 Å². The van der Waals surface area contributed by atoms with Crippen molar-refractivity contribution in [2.45, 2.75) is 25.7 Å². The quantitative estimate of drug-likeness (QED) is 0.893.